The molecule has 3 aromatic rings. The van der Waals surface area contributed by atoms with E-state index in [9.17, 15) is 0 Å². The number of hydrogen-bond donors (Lipinski definition) is 0. The van der Waals surface area contributed by atoms with Gasteiger partial charge in [-0.05, 0) is 66.5 Å². The maximum Gasteiger partial charge on any atom is 0.150 e. The van der Waals surface area contributed by atoms with Crippen molar-refractivity contribution in [3.8, 4) is 11.4 Å². The van der Waals surface area contributed by atoms with Gasteiger partial charge in [-0.2, -0.15) is 0 Å². The number of methoxy groups -OCH3 is 1. The fourth-order valence-corrected chi connectivity index (χ4v) is 3.65. The minimum Gasteiger partial charge on any atom is -0.494 e. The SMILES string of the molecule is COc1c(-n2nc3cc(Br)c(Br)cc3n2)cc(C(C)(C)C)cc1C(C)(C)C. The van der Waals surface area contributed by atoms with Crippen molar-refractivity contribution in [2.24, 2.45) is 0 Å². The molecule has 0 atom stereocenters. The third-order valence-electron chi connectivity index (χ3n) is 4.59. The summed E-state index contributed by atoms with van der Waals surface area (Å²) in [7, 11) is 1.71. The average molecular weight is 495 g/mol. The maximum absolute atomic E-state index is 5.85. The molecule has 0 aliphatic rings. The first-order chi connectivity index (χ1) is 12.4. The molecule has 0 saturated heterocycles. The maximum atomic E-state index is 5.85. The van der Waals surface area contributed by atoms with Crippen LogP contribution in [0.1, 0.15) is 52.7 Å². The zero-order valence-corrected chi connectivity index (χ0v) is 20.0. The summed E-state index contributed by atoms with van der Waals surface area (Å²) in [5, 5.41) is 9.43. The summed E-state index contributed by atoms with van der Waals surface area (Å²) in [5.74, 6) is 0.814. The van der Waals surface area contributed by atoms with Crippen molar-refractivity contribution in [2.75, 3.05) is 7.11 Å². The smallest absolute Gasteiger partial charge is 0.150 e. The normalized spacial score (nSPS) is 12.6. The van der Waals surface area contributed by atoms with Crippen molar-refractivity contribution in [1.29, 1.82) is 0 Å². The van der Waals surface area contributed by atoms with Crippen LogP contribution in [0.5, 0.6) is 5.75 Å². The Morgan fingerprint density at radius 2 is 1.33 bits per heavy atom. The van der Waals surface area contributed by atoms with Gasteiger partial charge in [0.05, 0.1) is 7.11 Å². The summed E-state index contributed by atoms with van der Waals surface area (Å²) in [6, 6.07) is 8.32. The summed E-state index contributed by atoms with van der Waals surface area (Å²) in [5.41, 5.74) is 4.82. The monoisotopic (exact) mass is 493 g/mol. The molecule has 4 nitrogen and oxygen atoms in total. The van der Waals surface area contributed by atoms with E-state index in [0.717, 1.165) is 37.0 Å². The van der Waals surface area contributed by atoms with Crippen LogP contribution < -0.4 is 4.74 Å². The van der Waals surface area contributed by atoms with Crippen molar-refractivity contribution in [2.45, 2.75) is 52.4 Å². The molecule has 6 heteroatoms. The van der Waals surface area contributed by atoms with Crippen molar-refractivity contribution < 1.29 is 4.74 Å². The van der Waals surface area contributed by atoms with Crippen molar-refractivity contribution in [1.82, 2.24) is 15.0 Å². The molecule has 1 aromatic heterocycles. The third kappa shape index (κ3) is 3.92. The van der Waals surface area contributed by atoms with Gasteiger partial charge < -0.3 is 4.74 Å². The number of benzene rings is 2. The topological polar surface area (TPSA) is 39.9 Å². The predicted molar refractivity (Wildman–Crippen MR) is 118 cm³/mol. The molecule has 0 unspecified atom stereocenters. The van der Waals surface area contributed by atoms with Gasteiger partial charge >= 0.3 is 0 Å². The fourth-order valence-electron chi connectivity index (χ4n) is 2.99. The summed E-state index contributed by atoms with van der Waals surface area (Å²) in [4.78, 5) is 1.69. The minimum atomic E-state index is -0.0695. The molecule has 0 aliphatic heterocycles. The van der Waals surface area contributed by atoms with Crippen LogP contribution in [0.4, 0.5) is 0 Å². The van der Waals surface area contributed by atoms with Gasteiger partial charge in [0.15, 0.2) is 0 Å². The van der Waals surface area contributed by atoms with Crippen LogP contribution in [-0.4, -0.2) is 22.1 Å². The summed E-state index contributed by atoms with van der Waals surface area (Å²) in [6.45, 7) is 13.2. The van der Waals surface area contributed by atoms with E-state index in [1.54, 1.807) is 11.9 Å². The van der Waals surface area contributed by atoms with E-state index in [4.69, 9.17) is 14.9 Å². The predicted octanol–water partition coefficient (Wildman–Crippen LogP) is 6.55. The molecule has 144 valence electrons. The molecule has 2 aromatic carbocycles. The van der Waals surface area contributed by atoms with E-state index in [1.807, 2.05) is 12.1 Å². The zero-order chi connectivity index (χ0) is 20.1. The van der Waals surface area contributed by atoms with Gasteiger partial charge in [-0.3, -0.25) is 0 Å². The standard InChI is InChI=1S/C21H25Br2N3O/c1-20(2,3)12-8-13(21(4,5)6)19(27-7)18(9-12)26-24-16-10-14(22)15(23)11-17(16)25-26/h8-11H,1-7H3. The molecule has 0 N–H and O–H groups in total. The molecule has 0 spiro atoms. The van der Waals surface area contributed by atoms with Crippen LogP contribution in [0.15, 0.2) is 33.2 Å². The van der Waals surface area contributed by atoms with Crippen LogP contribution in [0.25, 0.3) is 16.7 Å². The number of fused-ring (bicyclic) bond motifs is 1. The van der Waals surface area contributed by atoms with Crippen molar-refractivity contribution in [3.05, 3.63) is 44.3 Å². The van der Waals surface area contributed by atoms with E-state index in [0.29, 0.717) is 0 Å². The van der Waals surface area contributed by atoms with Gasteiger partial charge in [-0.15, -0.1) is 15.0 Å². The molecule has 0 amide bonds. The zero-order valence-electron chi connectivity index (χ0n) is 16.8. The van der Waals surface area contributed by atoms with Crippen LogP contribution >= 0.6 is 31.9 Å². The summed E-state index contributed by atoms with van der Waals surface area (Å²) in [6.07, 6.45) is 0. The second kappa shape index (κ2) is 6.89. The number of ether oxygens (including phenoxy) is 1. The molecule has 0 radical (unpaired) electrons. The first kappa shape index (κ1) is 20.3. The highest BCUT2D eigenvalue weighted by Gasteiger charge is 2.27. The Labute approximate surface area is 177 Å². The van der Waals surface area contributed by atoms with E-state index in [1.165, 1.54) is 5.56 Å². The van der Waals surface area contributed by atoms with Crippen LogP contribution in [0.3, 0.4) is 0 Å². The Balaban J connectivity index is 2.34. The van der Waals surface area contributed by atoms with Crippen LogP contribution in [0.2, 0.25) is 0 Å². The molecule has 0 aliphatic carbocycles. The molecule has 1 heterocycles. The molecule has 0 saturated carbocycles. The Morgan fingerprint density at radius 3 is 1.74 bits per heavy atom. The quantitative estimate of drug-likeness (QED) is 0.405. The van der Waals surface area contributed by atoms with Crippen molar-refractivity contribution >= 4 is 42.9 Å². The second-order valence-corrected chi connectivity index (χ2v) is 10.5. The number of aromatic nitrogens is 3. The lowest BCUT2D eigenvalue weighted by molar-refractivity contribution is 0.392. The number of halogens is 2. The second-order valence-electron chi connectivity index (χ2n) is 8.82. The lowest BCUT2D eigenvalue weighted by atomic mass is 9.79. The Hall–Kier alpha value is -1.40. The van der Waals surface area contributed by atoms with Gasteiger partial charge in [0.2, 0.25) is 0 Å². The number of hydrogen-bond acceptors (Lipinski definition) is 3. The first-order valence-corrected chi connectivity index (χ1v) is 10.5. The highest BCUT2D eigenvalue weighted by atomic mass is 79.9. The van der Waals surface area contributed by atoms with E-state index >= 15 is 0 Å². The first-order valence-electron chi connectivity index (χ1n) is 8.87. The summed E-state index contributed by atoms with van der Waals surface area (Å²) < 4.78 is 7.75. The average Bonchev–Trinajstić information content (AvgIpc) is 2.94. The molecule has 0 fully saturated rings. The molecule has 27 heavy (non-hydrogen) atoms. The molecular formula is C21H25Br2N3O. The van der Waals surface area contributed by atoms with E-state index in [2.05, 4.69) is 85.5 Å². The number of nitrogens with zero attached hydrogens (tertiary/aromatic N) is 3. The van der Waals surface area contributed by atoms with Crippen LogP contribution in [-0.2, 0) is 10.8 Å². The summed E-state index contributed by atoms with van der Waals surface area (Å²) >= 11 is 7.07. The van der Waals surface area contributed by atoms with Gasteiger partial charge in [0.25, 0.3) is 0 Å². The van der Waals surface area contributed by atoms with E-state index in [-0.39, 0.29) is 10.8 Å². The fraction of sp³-hybridized carbons (Fsp3) is 0.429. The van der Waals surface area contributed by atoms with Gasteiger partial charge in [0, 0.05) is 14.5 Å². The highest BCUT2D eigenvalue weighted by molar-refractivity contribution is 9.13. The van der Waals surface area contributed by atoms with E-state index < -0.39 is 0 Å². The Morgan fingerprint density at radius 1 is 0.815 bits per heavy atom. The number of rotatable bonds is 2. The largest absolute Gasteiger partial charge is 0.494 e. The lowest BCUT2D eigenvalue weighted by Crippen LogP contribution is -2.19. The third-order valence-corrected chi connectivity index (χ3v) is 6.43. The van der Waals surface area contributed by atoms with Gasteiger partial charge in [-0.1, -0.05) is 47.6 Å². The van der Waals surface area contributed by atoms with Crippen molar-refractivity contribution in [3.63, 3.8) is 0 Å². The highest BCUT2D eigenvalue weighted by Crippen LogP contribution is 2.40. The van der Waals surface area contributed by atoms with Crippen LogP contribution in [0, 0.1) is 0 Å². The Bertz CT molecular complexity index is 972. The van der Waals surface area contributed by atoms with Gasteiger partial charge in [-0.25, -0.2) is 0 Å². The molecular weight excluding hydrogens is 470 g/mol. The molecule has 0 bridgehead atoms. The molecule has 3 rings (SSSR count). The lowest BCUT2D eigenvalue weighted by Gasteiger charge is -2.28. The van der Waals surface area contributed by atoms with Gasteiger partial charge in [0.1, 0.15) is 22.5 Å². The minimum absolute atomic E-state index is 0.000344. The Kier molecular flexibility index (Phi) is 5.19.